The van der Waals surface area contributed by atoms with Gasteiger partial charge >= 0.3 is 0 Å². The van der Waals surface area contributed by atoms with Gasteiger partial charge in [-0.2, -0.15) is 0 Å². The monoisotopic (exact) mass is 848 g/mol. The molecule has 1 spiro atoms. The molecule has 1 heterocycles. The summed E-state index contributed by atoms with van der Waals surface area (Å²) in [5.74, 6) is 0.703. The Labute approximate surface area is 389 Å². The van der Waals surface area contributed by atoms with Gasteiger partial charge in [-0.05, 0) is 117 Å². The second-order valence-corrected chi connectivity index (χ2v) is 17.9. The Morgan fingerprint density at radius 2 is 0.731 bits per heavy atom. The van der Waals surface area contributed by atoms with Crippen LogP contribution in [-0.2, 0) is 5.41 Å². The second kappa shape index (κ2) is 14.7. The summed E-state index contributed by atoms with van der Waals surface area (Å²) in [6.07, 6.45) is 0. The Hall–Kier alpha value is -8.72. The molecule has 1 aromatic heterocycles. The Balaban J connectivity index is 0.992. The molecule has 0 amide bonds. The highest BCUT2D eigenvalue weighted by atomic mass is 14.9. The third-order valence-electron chi connectivity index (χ3n) is 14.5. The van der Waals surface area contributed by atoms with Crippen molar-refractivity contribution in [1.29, 1.82) is 0 Å². The maximum atomic E-state index is 5.22. The van der Waals surface area contributed by atoms with Crippen molar-refractivity contribution in [2.45, 2.75) is 5.41 Å². The van der Waals surface area contributed by atoms with Crippen LogP contribution in [0.3, 0.4) is 0 Å². The molecule has 310 valence electrons. The molecule has 0 aliphatic heterocycles. The van der Waals surface area contributed by atoms with Gasteiger partial charge in [0.05, 0.1) is 16.8 Å². The molecule has 12 aromatic rings. The van der Waals surface area contributed by atoms with Gasteiger partial charge in [-0.1, -0.05) is 224 Å². The van der Waals surface area contributed by atoms with Gasteiger partial charge in [0.25, 0.3) is 0 Å². The van der Waals surface area contributed by atoms with Gasteiger partial charge in [-0.25, -0.2) is 9.97 Å². The first-order valence-corrected chi connectivity index (χ1v) is 23.1. The van der Waals surface area contributed by atoms with Crippen LogP contribution in [0.4, 0.5) is 0 Å². The molecule has 0 fully saturated rings. The largest absolute Gasteiger partial charge is 0.228 e. The summed E-state index contributed by atoms with van der Waals surface area (Å²) in [7, 11) is 0. The van der Waals surface area contributed by atoms with E-state index in [9.17, 15) is 0 Å². The van der Waals surface area contributed by atoms with Crippen molar-refractivity contribution in [3.05, 3.63) is 265 Å². The Bertz CT molecular complexity index is 3920. The first-order chi connectivity index (χ1) is 33.2. The quantitative estimate of drug-likeness (QED) is 0.161. The molecule has 2 nitrogen and oxygen atoms in total. The standard InChI is InChI=1S/C65H40N2/c1-3-18-41(19-4-1)45-22-17-23-46(38-45)60-40-59(66-64(67-60)44-20-5-2-6-21-44)43-36-34-42(35-37-43)55-39-56-61-52-29-10-7-24-47(52)48-25-8-12-31-54(48)63(61)65(62(56)53-30-11-9-26-49(53)55)57-32-15-13-27-50(57)51-28-14-16-33-58(51)65/h1-40H. The lowest BCUT2D eigenvalue weighted by molar-refractivity contribution is 0.809. The van der Waals surface area contributed by atoms with Crippen LogP contribution in [0.25, 0.3) is 111 Å². The van der Waals surface area contributed by atoms with Crippen molar-refractivity contribution >= 4 is 32.3 Å². The number of hydrogen-bond acceptors (Lipinski definition) is 2. The smallest absolute Gasteiger partial charge is 0.160 e. The van der Waals surface area contributed by atoms with E-state index in [1.807, 2.05) is 18.2 Å². The average molecular weight is 849 g/mol. The Morgan fingerprint density at radius 1 is 0.254 bits per heavy atom. The predicted molar refractivity (Wildman–Crippen MR) is 278 cm³/mol. The summed E-state index contributed by atoms with van der Waals surface area (Å²) in [6, 6.07) is 88.7. The molecule has 2 aliphatic carbocycles. The summed E-state index contributed by atoms with van der Waals surface area (Å²) in [5.41, 5.74) is 19.7. The summed E-state index contributed by atoms with van der Waals surface area (Å²) in [5, 5.41) is 7.68. The molecule has 0 unspecified atom stereocenters. The molecule has 11 aromatic carbocycles. The minimum absolute atomic E-state index is 0.523. The maximum absolute atomic E-state index is 5.22. The van der Waals surface area contributed by atoms with Crippen molar-refractivity contribution in [3.63, 3.8) is 0 Å². The van der Waals surface area contributed by atoms with Crippen LogP contribution >= 0.6 is 0 Å². The lowest BCUT2D eigenvalue weighted by Crippen LogP contribution is -2.26. The molecular weight excluding hydrogens is 809 g/mol. The summed E-state index contributed by atoms with van der Waals surface area (Å²) < 4.78 is 0. The van der Waals surface area contributed by atoms with Gasteiger partial charge in [0, 0.05) is 16.7 Å². The third-order valence-corrected chi connectivity index (χ3v) is 14.5. The van der Waals surface area contributed by atoms with Gasteiger partial charge in [-0.3, -0.25) is 0 Å². The molecule has 0 N–H and O–H groups in total. The molecule has 0 radical (unpaired) electrons. The fourth-order valence-electron chi connectivity index (χ4n) is 11.7. The predicted octanol–water partition coefficient (Wildman–Crippen LogP) is 16.6. The number of fused-ring (bicyclic) bond motifs is 17. The van der Waals surface area contributed by atoms with Crippen molar-refractivity contribution in [1.82, 2.24) is 9.97 Å². The molecule has 0 saturated heterocycles. The number of hydrogen-bond donors (Lipinski definition) is 0. The number of nitrogens with zero attached hydrogens (tertiary/aromatic N) is 2. The van der Waals surface area contributed by atoms with Gasteiger partial charge < -0.3 is 0 Å². The minimum Gasteiger partial charge on any atom is -0.228 e. The molecule has 2 heteroatoms. The summed E-state index contributed by atoms with van der Waals surface area (Å²) in [4.78, 5) is 10.4. The van der Waals surface area contributed by atoms with Gasteiger partial charge in [0.2, 0.25) is 0 Å². The summed E-state index contributed by atoms with van der Waals surface area (Å²) >= 11 is 0. The van der Waals surface area contributed by atoms with Crippen LogP contribution in [-0.4, -0.2) is 9.97 Å². The fraction of sp³-hybridized carbons (Fsp3) is 0.0154. The Morgan fingerprint density at radius 3 is 1.40 bits per heavy atom. The van der Waals surface area contributed by atoms with Crippen molar-refractivity contribution in [3.8, 4) is 78.4 Å². The zero-order valence-corrected chi connectivity index (χ0v) is 36.5. The molecule has 2 aliphatic rings. The molecule has 14 rings (SSSR count). The van der Waals surface area contributed by atoms with E-state index in [1.165, 1.54) is 88.0 Å². The second-order valence-electron chi connectivity index (χ2n) is 17.9. The van der Waals surface area contributed by atoms with Crippen LogP contribution in [0.2, 0.25) is 0 Å². The van der Waals surface area contributed by atoms with Gasteiger partial charge in [0.1, 0.15) is 0 Å². The SMILES string of the molecule is c1ccc(-c2cccc(-c3cc(-c4ccc(-c5cc6c(c7ccccc57)C5(c7ccccc7-c7ccccc75)c5c-6c6ccccc6c6ccccc56)cc4)nc(-c4ccccc4)n3)c2)cc1. The Kier molecular flexibility index (Phi) is 8.23. The zero-order chi connectivity index (χ0) is 44.1. The van der Waals surface area contributed by atoms with Crippen LogP contribution in [0.5, 0.6) is 0 Å². The van der Waals surface area contributed by atoms with Gasteiger partial charge in [0.15, 0.2) is 5.82 Å². The fourth-order valence-corrected chi connectivity index (χ4v) is 11.7. The first-order valence-electron chi connectivity index (χ1n) is 23.1. The van der Waals surface area contributed by atoms with E-state index in [0.29, 0.717) is 5.82 Å². The topological polar surface area (TPSA) is 25.8 Å². The highest BCUT2D eigenvalue weighted by Crippen LogP contribution is 2.67. The molecule has 0 bridgehead atoms. The molecule has 67 heavy (non-hydrogen) atoms. The van der Waals surface area contributed by atoms with Crippen LogP contribution < -0.4 is 0 Å². The van der Waals surface area contributed by atoms with Crippen LogP contribution in [0.15, 0.2) is 243 Å². The number of rotatable bonds is 5. The summed E-state index contributed by atoms with van der Waals surface area (Å²) in [6.45, 7) is 0. The van der Waals surface area contributed by atoms with Crippen molar-refractivity contribution < 1.29 is 0 Å². The van der Waals surface area contributed by atoms with Crippen LogP contribution in [0.1, 0.15) is 22.3 Å². The number of aromatic nitrogens is 2. The lowest BCUT2D eigenvalue weighted by Gasteiger charge is -2.33. The normalized spacial score (nSPS) is 12.9. The van der Waals surface area contributed by atoms with Crippen molar-refractivity contribution in [2.24, 2.45) is 0 Å². The van der Waals surface area contributed by atoms with E-state index in [0.717, 1.165) is 39.2 Å². The minimum atomic E-state index is -0.523. The molecular formula is C65H40N2. The highest BCUT2D eigenvalue weighted by molar-refractivity contribution is 6.22. The maximum Gasteiger partial charge on any atom is 0.160 e. The molecule has 0 saturated carbocycles. The lowest BCUT2D eigenvalue weighted by atomic mass is 9.68. The highest BCUT2D eigenvalue weighted by Gasteiger charge is 2.54. The van der Waals surface area contributed by atoms with E-state index >= 15 is 0 Å². The van der Waals surface area contributed by atoms with E-state index in [1.54, 1.807) is 0 Å². The van der Waals surface area contributed by atoms with E-state index in [4.69, 9.17) is 9.97 Å². The zero-order valence-electron chi connectivity index (χ0n) is 36.5. The third kappa shape index (κ3) is 5.51. The first kappa shape index (κ1) is 37.6. The van der Waals surface area contributed by atoms with Crippen LogP contribution in [0, 0.1) is 0 Å². The van der Waals surface area contributed by atoms with E-state index in [2.05, 4.69) is 224 Å². The number of benzene rings is 11. The van der Waals surface area contributed by atoms with E-state index < -0.39 is 5.41 Å². The van der Waals surface area contributed by atoms with Crippen molar-refractivity contribution in [2.75, 3.05) is 0 Å². The van der Waals surface area contributed by atoms with Gasteiger partial charge in [-0.15, -0.1) is 0 Å². The molecule has 0 atom stereocenters. The van der Waals surface area contributed by atoms with E-state index in [-0.39, 0.29) is 0 Å². The average Bonchev–Trinajstić information content (AvgIpc) is 3.89.